The van der Waals surface area contributed by atoms with Crippen molar-refractivity contribution in [3.8, 4) is 11.8 Å². The molecule has 0 atom stereocenters. The topological polar surface area (TPSA) is 67.4 Å². The first-order valence-electron chi connectivity index (χ1n) is 6.72. The van der Waals surface area contributed by atoms with E-state index in [1.807, 2.05) is 0 Å². The van der Waals surface area contributed by atoms with Gasteiger partial charge in [-0.15, -0.1) is 0 Å². The molecule has 0 amide bonds. The van der Waals surface area contributed by atoms with Gasteiger partial charge in [0, 0.05) is 6.20 Å². The fourth-order valence-electron chi connectivity index (χ4n) is 2.33. The molecule has 1 aliphatic rings. The lowest BCUT2D eigenvalue weighted by Crippen LogP contribution is -2.38. The van der Waals surface area contributed by atoms with Crippen LogP contribution in [-0.2, 0) is 0 Å². The maximum Gasteiger partial charge on any atom is 0.275 e. The van der Waals surface area contributed by atoms with Crippen LogP contribution in [-0.4, -0.2) is 16.1 Å². The minimum atomic E-state index is -0.870. The molecule has 0 spiro atoms. The molecule has 116 valence electrons. The molecule has 7 heteroatoms. The number of hydrogen-bond donors (Lipinski definition) is 0. The molecular formula is C16H11Cl2N3O2. The Hall–Kier alpha value is -2.29. The van der Waals surface area contributed by atoms with Crippen LogP contribution < -0.4 is 10.3 Å². The zero-order chi connectivity index (χ0) is 16.8. The summed E-state index contributed by atoms with van der Waals surface area (Å²) < 4.78 is 7.07. The zero-order valence-corrected chi connectivity index (χ0v) is 13.8. The van der Waals surface area contributed by atoms with Crippen molar-refractivity contribution < 1.29 is 4.74 Å². The van der Waals surface area contributed by atoms with Gasteiger partial charge >= 0.3 is 0 Å². The molecule has 0 saturated carbocycles. The number of hydrogen-bond acceptors (Lipinski definition) is 4. The van der Waals surface area contributed by atoms with Gasteiger partial charge in [-0.1, -0.05) is 23.2 Å². The molecule has 3 rings (SSSR count). The van der Waals surface area contributed by atoms with Crippen LogP contribution in [0.5, 0.6) is 5.75 Å². The van der Waals surface area contributed by atoms with E-state index in [-0.39, 0.29) is 5.02 Å². The second kappa shape index (κ2) is 5.41. The second-order valence-corrected chi connectivity index (χ2v) is 6.33. The van der Waals surface area contributed by atoms with Gasteiger partial charge in [0.1, 0.15) is 16.6 Å². The number of nitriles is 1. The zero-order valence-electron chi connectivity index (χ0n) is 12.3. The highest BCUT2D eigenvalue weighted by molar-refractivity contribution is 6.34. The van der Waals surface area contributed by atoms with E-state index in [4.69, 9.17) is 33.2 Å². The second-order valence-electron chi connectivity index (χ2n) is 5.49. The smallest absolute Gasteiger partial charge is 0.275 e. The summed E-state index contributed by atoms with van der Waals surface area (Å²) in [5.41, 5.74) is -0.351. The molecule has 0 unspecified atom stereocenters. The molecule has 0 aliphatic carbocycles. The Morgan fingerprint density at radius 1 is 1.30 bits per heavy atom. The number of aromatic nitrogens is 1. The molecule has 0 saturated heterocycles. The van der Waals surface area contributed by atoms with Gasteiger partial charge in [0.05, 0.1) is 22.2 Å². The Labute approximate surface area is 142 Å². The molecule has 0 N–H and O–H groups in total. The number of halogens is 2. The van der Waals surface area contributed by atoms with Crippen molar-refractivity contribution >= 4 is 29.0 Å². The maximum atomic E-state index is 12.4. The number of aliphatic imine (C=N–C) groups is 1. The molecule has 5 nitrogen and oxygen atoms in total. The lowest BCUT2D eigenvalue weighted by molar-refractivity contribution is 0.114. The van der Waals surface area contributed by atoms with Crippen LogP contribution in [0.4, 0.5) is 0 Å². The summed E-state index contributed by atoms with van der Waals surface area (Å²) in [5, 5.41) is 9.39. The van der Waals surface area contributed by atoms with Crippen LogP contribution in [0.3, 0.4) is 0 Å². The fourth-order valence-corrected chi connectivity index (χ4v) is 2.80. The van der Waals surface area contributed by atoms with E-state index in [0.717, 1.165) is 0 Å². The summed E-state index contributed by atoms with van der Waals surface area (Å²) in [4.78, 5) is 16.9. The quantitative estimate of drug-likeness (QED) is 0.732. The van der Waals surface area contributed by atoms with E-state index in [2.05, 4.69) is 11.1 Å². The first-order valence-corrected chi connectivity index (χ1v) is 7.48. The average Bonchev–Trinajstić information content (AvgIpc) is 2.49. The van der Waals surface area contributed by atoms with Gasteiger partial charge in [-0.25, -0.2) is 4.99 Å². The van der Waals surface area contributed by atoms with Gasteiger partial charge in [0.15, 0.2) is 5.72 Å². The van der Waals surface area contributed by atoms with E-state index in [0.29, 0.717) is 27.7 Å². The normalized spacial score (nSPS) is 15.2. The van der Waals surface area contributed by atoms with Crippen LogP contribution in [0.25, 0.3) is 0 Å². The van der Waals surface area contributed by atoms with Gasteiger partial charge in [-0.3, -0.25) is 9.36 Å². The van der Waals surface area contributed by atoms with Crippen molar-refractivity contribution in [2.75, 3.05) is 0 Å². The number of rotatable bonds is 0. The Kier molecular flexibility index (Phi) is 3.67. The van der Waals surface area contributed by atoms with E-state index in [1.54, 1.807) is 32.0 Å². The van der Waals surface area contributed by atoms with Crippen LogP contribution in [0.2, 0.25) is 10.0 Å². The molecule has 1 aromatic carbocycles. The summed E-state index contributed by atoms with van der Waals surface area (Å²) in [7, 11) is 0. The van der Waals surface area contributed by atoms with E-state index >= 15 is 0 Å². The first kappa shape index (κ1) is 15.6. The molecule has 0 bridgehead atoms. The molecule has 0 radical (unpaired) electrons. The van der Waals surface area contributed by atoms with E-state index < -0.39 is 11.3 Å². The van der Waals surface area contributed by atoms with Gasteiger partial charge < -0.3 is 4.74 Å². The molecule has 2 heterocycles. The van der Waals surface area contributed by atoms with Gasteiger partial charge in [-0.2, -0.15) is 5.26 Å². The minimum Gasteiger partial charge on any atom is -0.466 e. The van der Waals surface area contributed by atoms with Crippen molar-refractivity contribution in [3.63, 3.8) is 0 Å². The lowest BCUT2D eigenvalue weighted by atomic mass is 10.1. The number of benzene rings is 1. The fraction of sp³-hybridized carbons (Fsp3) is 0.188. The summed E-state index contributed by atoms with van der Waals surface area (Å²) in [6.07, 6.45) is 1.44. The van der Waals surface area contributed by atoms with Gasteiger partial charge in [-0.05, 0) is 38.1 Å². The maximum absolute atomic E-state index is 12.4. The summed E-state index contributed by atoms with van der Waals surface area (Å²) in [5.74, 6) is 0.866. The predicted octanol–water partition coefficient (Wildman–Crippen LogP) is 3.45. The number of pyridine rings is 1. The molecule has 2 aromatic rings. The summed E-state index contributed by atoms with van der Waals surface area (Å²) in [6, 6.07) is 8.37. The average molecular weight is 348 g/mol. The molecule has 0 fully saturated rings. The third kappa shape index (κ3) is 2.83. The molecule has 1 aromatic heterocycles. The summed E-state index contributed by atoms with van der Waals surface area (Å²) in [6.45, 7) is 3.54. The van der Waals surface area contributed by atoms with Crippen molar-refractivity contribution in [1.29, 1.82) is 5.26 Å². The molecule has 23 heavy (non-hydrogen) atoms. The molecular weight excluding hydrogens is 337 g/mol. The number of nitrogens with zero attached hydrogens (tertiary/aromatic N) is 3. The highest BCUT2D eigenvalue weighted by Crippen LogP contribution is 2.31. The third-order valence-corrected chi connectivity index (χ3v) is 3.73. The van der Waals surface area contributed by atoms with Crippen LogP contribution >= 0.6 is 23.2 Å². The standard InChI is InChI=1S/C16H11Cl2N3O2/c1-16(2)20-14(21-8-10(17)6-12(18)15(21)22)11-5-9(7-19)3-4-13(11)23-16/h3-6,8H,1-2H3. The van der Waals surface area contributed by atoms with Crippen LogP contribution in [0, 0.1) is 11.3 Å². The van der Waals surface area contributed by atoms with Crippen molar-refractivity contribution in [2.24, 2.45) is 4.99 Å². The minimum absolute atomic E-state index is 0.0116. The van der Waals surface area contributed by atoms with Crippen molar-refractivity contribution in [1.82, 2.24) is 4.57 Å². The Morgan fingerprint density at radius 3 is 2.74 bits per heavy atom. The Morgan fingerprint density at radius 2 is 2.04 bits per heavy atom. The highest BCUT2D eigenvalue weighted by atomic mass is 35.5. The van der Waals surface area contributed by atoms with E-state index in [9.17, 15) is 4.79 Å². The lowest BCUT2D eigenvalue weighted by Gasteiger charge is -2.30. The van der Waals surface area contributed by atoms with Crippen molar-refractivity contribution in [2.45, 2.75) is 19.6 Å². The monoisotopic (exact) mass is 347 g/mol. The predicted molar refractivity (Wildman–Crippen MR) is 88.5 cm³/mol. The van der Waals surface area contributed by atoms with Gasteiger partial charge in [0.2, 0.25) is 0 Å². The van der Waals surface area contributed by atoms with Crippen LogP contribution in [0.15, 0.2) is 40.2 Å². The SMILES string of the molecule is CC1(C)N=C(n2cc(Cl)cc(Cl)c2=O)c2cc(C#N)ccc2O1. The van der Waals surface area contributed by atoms with Crippen LogP contribution in [0.1, 0.15) is 25.0 Å². The number of ether oxygens (including phenoxy) is 1. The Bertz CT molecular complexity index is 939. The third-order valence-electron chi connectivity index (χ3n) is 3.25. The van der Waals surface area contributed by atoms with Gasteiger partial charge in [0.25, 0.3) is 5.56 Å². The number of fused-ring (bicyclic) bond motifs is 1. The largest absolute Gasteiger partial charge is 0.466 e. The Balaban J connectivity index is 2.33. The van der Waals surface area contributed by atoms with E-state index in [1.165, 1.54) is 16.8 Å². The molecule has 1 aliphatic heterocycles. The first-order chi connectivity index (χ1) is 10.8. The summed E-state index contributed by atoms with van der Waals surface area (Å²) >= 11 is 12.0. The highest BCUT2D eigenvalue weighted by Gasteiger charge is 2.30. The van der Waals surface area contributed by atoms with Crippen molar-refractivity contribution in [3.05, 3.63) is 62.0 Å².